The van der Waals surface area contributed by atoms with Crippen LogP contribution in [0.2, 0.25) is 0 Å². The molecule has 0 spiro atoms. The lowest BCUT2D eigenvalue weighted by Gasteiger charge is -2.23. The number of benzene rings is 1. The Morgan fingerprint density at radius 2 is 2.00 bits per heavy atom. The van der Waals surface area contributed by atoms with E-state index in [1.165, 1.54) is 4.90 Å². The van der Waals surface area contributed by atoms with Crippen LogP contribution >= 0.6 is 11.8 Å². The Bertz CT molecular complexity index is 783. The summed E-state index contributed by atoms with van der Waals surface area (Å²) in [6.45, 7) is 7.67. The first-order valence-electron chi connectivity index (χ1n) is 8.22. The van der Waals surface area contributed by atoms with Crippen molar-refractivity contribution < 1.29 is 14.0 Å². The van der Waals surface area contributed by atoms with Gasteiger partial charge in [0.25, 0.3) is 5.22 Å². The van der Waals surface area contributed by atoms with E-state index >= 15 is 0 Å². The molecule has 7 nitrogen and oxygen atoms in total. The Morgan fingerprint density at radius 3 is 2.65 bits per heavy atom. The number of nitrogens with one attached hydrogen (secondary N) is 1. The molecule has 2 amide bonds. The monoisotopic (exact) mass is 376 g/mol. The highest BCUT2D eigenvalue weighted by atomic mass is 32.2. The van der Waals surface area contributed by atoms with Gasteiger partial charge in [-0.15, -0.1) is 10.2 Å². The van der Waals surface area contributed by atoms with Gasteiger partial charge in [0.1, 0.15) is 0 Å². The number of nitrogens with zero attached hydrogens (tertiary/aromatic N) is 3. The summed E-state index contributed by atoms with van der Waals surface area (Å²) in [7, 11) is 1.59. The lowest BCUT2D eigenvalue weighted by molar-refractivity contribution is -0.133. The summed E-state index contributed by atoms with van der Waals surface area (Å²) in [6.07, 6.45) is 0. The Kier molecular flexibility index (Phi) is 6.42. The molecule has 26 heavy (non-hydrogen) atoms. The summed E-state index contributed by atoms with van der Waals surface area (Å²) in [4.78, 5) is 25.4. The lowest BCUT2D eigenvalue weighted by atomic mass is 10.1. The average Bonchev–Trinajstić information content (AvgIpc) is 2.99. The summed E-state index contributed by atoms with van der Waals surface area (Å²) in [6, 6.07) is 7.75. The van der Waals surface area contributed by atoms with Gasteiger partial charge in [-0.3, -0.25) is 9.59 Å². The van der Waals surface area contributed by atoms with Crippen LogP contribution in [0.3, 0.4) is 0 Å². The molecule has 0 bridgehead atoms. The highest BCUT2D eigenvalue weighted by molar-refractivity contribution is 7.99. The molecular weight excluding hydrogens is 352 g/mol. The summed E-state index contributed by atoms with van der Waals surface area (Å²) in [5.74, 6) is 0.156. The largest absolute Gasteiger partial charge is 0.411 e. The lowest BCUT2D eigenvalue weighted by Crippen LogP contribution is -2.46. The van der Waals surface area contributed by atoms with Gasteiger partial charge in [-0.1, -0.05) is 29.5 Å². The van der Waals surface area contributed by atoms with Crippen LogP contribution in [0.15, 0.2) is 33.9 Å². The van der Waals surface area contributed by atoms with Crippen LogP contribution in [-0.4, -0.2) is 51.8 Å². The van der Waals surface area contributed by atoms with Crippen molar-refractivity contribution in [2.75, 3.05) is 19.3 Å². The fourth-order valence-corrected chi connectivity index (χ4v) is 2.86. The quantitative estimate of drug-likeness (QED) is 0.780. The molecular formula is C18H24N4O3S. The van der Waals surface area contributed by atoms with Crippen molar-refractivity contribution in [2.45, 2.75) is 38.5 Å². The second-order valence-corrected chi connectivity index (χ2v) is 8.01. The van der Waals surface area contributed by atoms with Crippen molar-refractivity contribution in [3.8, 4) is 11.5 Å². The van der Waals surface area contributed by atoms with E-state index in [0.29, 0.717) is 11.1 Å². The molecule has 140 valence electrons. The zero-order chi connectivity index (χ0) is 19.3. The van der Waals surface area contributed by atoms with E-state index in [1.54, 1.807) is 7.05 Å². The van der Waals surface area contributed by atoms with Crippen LogP contribution in [0.4, 0.5) is 0 Å². The predicted molar refractivity (Wildman–Crippen MR) is 101 cm³/mol. The van der Waals surface area contributed by atoms with Gasteiger partial charge < -0.3 is 14.6 Å². The summed E-state index contributed by atoms with van der Waals surface area (Å²) in [5, 5.41) is 11.1. The van der Waals surface area contributed by atoms with E-state index in [1.807, 2.05) is 52.0 Å². The van der Waals surface area contributed by atoms with E-state index in [0.717, 1.165) is 22.9 Å². The van der Waals surface area contributed by atoms with Gasteiger partial charge in [0.2, 0.25) is 17.7 Å². The molecule has 1 aromatic carbocycles. The van der Waals surface area contributed by atoms with E-state index in [-0.39, 0.29) is 29.7 Å². The van der Waals surface area contributed by atoms with Crippen molar-refractivity contribution in [1.29, 1.82) is 0 Å². The maximum absolute atomic E-state index is 12.2. The van der Waals surface area contributed by atoms with Gasteiger partial charge in [-0.05, 0) is 39.8 Å². The minimum absolute atomic E-state index is 0.00897. The van der Waals surface area contributed by atoms with Crippen LogP contribution in [0.25, 0.3) is 11.5 Å². The zero-order valence-corrected chi connectivity index (χ0v) is 16.5. The van der Waals surface area contributed by atoms with E-state index in [4.69, 9.17) is 4.42 Å². The minimum atomic E-state index is -0.328. The fourth-order valence-electron chi connectivity index (χ4n) is 2.16. The maximum Gasteiger partial charge on any atom is 0.277 e. The number of rotatable bonds is 6. The SMILES string of the molecule is Cc1cccc(-c2nnc(SCC(=O)N(C)CC(=O)NC(C)(C)C)o2)c1. The summed E-state index contributed by atoms with van der Waals surface area (Å²) < 4.78 is 5.59. The molecule has 2 rings (SSSR count). The normalized spacial score (nSPS) is 11.3. The molecule has 2 aromatic rings. The molecule has 0 aliphatic carbocycles. The molecule has 0 aliphatic rings. The first-order chi connectivity index (χ1) is 12.1. The van der Waals surface area contributed by atoms with Crippen molar-refractivity contribution in [3.63, 3.8) is 0 Å². The number of carbonyl (C=O) groups is 2. The van der Waals surface area contributed by atoms with Gasteiger partial charge in [-0.2, -0.15) is 0 Å². The molecule has 0 fully saturated rings. The summed E-state index contributed by atoms with van der Waals surface area (Å²) >= 11 is 1.15. The Labute approximate surface area is 157 Å². The fraction of sp³-hybridized carbons (Fsp3) is 0.444. The minimum Gasteiger partial charge on any atom is -0.411 e. The highest BCUT2D eigenvalue weighted by Gasteiger charge is 2.19. The van der Waals surface area contributed by atoms with E-state index in [9.17, 15) is 9.59 Å². The molecule has 8 heteroatoms. The van der Waals surface area contributed by atoms with Crippen molar-refractivity contribution in [3.05, 3.63) is 29.8 Å². The number of thioether (sulfide) groups is 1. The van der Waals surface area contributed by atoms with E-state index < -0.39 is 0 Å². The zero-order valence-electron chi connectivity index (χ0n) is 15.7. The molecule has 1 aromatic heterocycles. The van der Waals surface area contributed by atoms with Gasteiger partial charge in [-0.25, -0.2) is 0 Å². The average molecular weight is 376 g/mol. The van der Waals surface area contributed by atoms with Crippen molar-refractivity contribution in [1.82, 2.24) is 20.4 Å². The smallest absolute Gasteiger partial charge is 0.277 e. The Balaban J connectivity index is 1.86. The number of hydrogen-bond donors (Lipinski definition) is 1. The van der Waals surface area contributed by atoms with Gasteiger partial charge in [0.15, 0.2) is 0 Å². The Morgan fingerprint density at radius 1 is 1.27 bits per heavy atom. The van der Waals surface area contributed by atoms with E-state index in [2.05, 4.69) is 15.5 Å². The van der Waals surface area contributed by atoms with Gasteiger partial charge >= 0.3 is 0 Å². The standard InChI is InChI=1S/C18H24N4O3S/c1-12-7-6-8-13(9-12)16-20-21-17(25-16)26-11-15(24)22(5)10-14(23)19-18(2,3)4/h6-9H,10-11H2,1-5H3,(H,19,23). The first-order valence-corrected chi connectivity index (χ1v) is 9.21. The Hall–Kier alpha value is -2.35. The van der Waals surface area contributed by atoms with Gasteiger partial charge in [0, 0.05) is 18.2 Å². The van der Waals surface area contributed by atoms with Crippen LogP contribution in [-0.2, 0) is 9.59 Å². The second kappa shape index (κ2) is 8.35. The van der Waals surface area contributed by atoms with Crippen LogP contribution in [0.5, 0.6) is 0 Å². The molecule has 0 saturated carbocycles. The third-order valence-corrected chi connectivity index (χ3v) is 4.11. The maximum atomic E-state index is 12.2. The topological polar surface area (TPSA) is 88.3 Å². The van der Waals surface area contributed by atoms with Crippen molar-refractivity contribution in [2.24, 2.45) is 0 Å². The van der Waals surface area contributed by atoms with Crippen LogP contribution < -0.4 is 5.32 Å². The molecule has 0 atom stereocenters. The van der Waals surface area contributed by atoms with Crippen molar-refractivity contribution >= 4 is 23.6 Å². The number of aromatic nitrogens is 2. The predicted octanol–water partition coefficient (Wildman–Crippen LogP) is 2.51. The second-order valence-electron chi connectivity index (χ2n) is 7.08. The molecule has 1 heterocycles. The molecule has 0 saturated heterocycles. The molecule has 0 unspecified atom stereocenters. The van der Waals surface area contributed by atoms with Crippen LogP contribution in [0.1, 0.15) is 26.3 Å². The number of hydrogen-bond acceptors (Lipinski definition) is 6. The third-order valence-electron chi connectivity index (χ3n) is 3.31. The highest BCUT2D eigenvalue weighted by Crippen LogP contribution is 2.23. The van der Waals surface area contributed by atoms with Crippen LogP contribution in [0, 0.1) is 6.92 Å². The molecule has 1 N–H and O–H groups in total. The number of carbonyl (C=O) groups excluding carboxylic acids is 2. The number of likely N-dealkylation sites (N-methyl/N-ethyl adjacent to an activating group) is 1. The first kappa shape index (κ1) is 20.0. The van der Waals surface area contributed by atoms with Gasteiger partial charge in [0.05, 0.1) is 12.3 Å². The number of amides is 2. The molecule has 0 radical (unpaired) electrons. The number of aryl methyl sites for hydroxylation is 1. The summed E-state index contributed by atoms with van der Waals surface area (Å²) in [5.41, 5.74) is 1.61. The third kappa shape index (κ3) is 6.18. The molecule has 0 aliphatic heterocycles.